The fraction of sp³-hybridized carbons (Fsp3) is 0.316. The lowest BCUT2D eigenvalue weighted by Crippen LogP contribution is -2.61. The molecule has 5 nitrogen and oxygen atoms in total. The highest BCUT2D eigenvalue weighted by atomic mass is 15.2. The lowest BCUT2D eigenvalue weighted by atomic mass is 9.33. The lowest BCUT2D eigenvalue weighted by Gasteiger charge is -2.46. The van der Waals surface area contributed by atoms with Gasteiger partial charge in [0.15, 0.2) is 0 Å². The molecule has 0 amide bonds. The van der Waals surface area contributed by atoms with Gasteiger partial charge < -0.3 is 23.5 Å². The normalized spacial score (nSPS) is 13.9. The molecule has 0 aliphatic carbocycles. The average Bonchev–Trinajstić information content (AvgIpc) is 1.05. The van der Waals surface area contributed by atoms with E-state index in [2.05, 4.69) is 459 Å². The molecule has 0 saturated carbocycles. The summed E-state index contributed by atoms with van der Waals surface area (Å²) in [5.41, 5.74) is 36.6. The summed E-state index contributed by atoms with van der Waals surface area (Å²) in [6, 6.07) is 99.2. The van der Waals surface area contributed by atoms with Crippen LogP contribution in [-0.4, -0.2) is 20.4 Å². The van der Waals surface area contributed by atoms with Crippen LogP contribution in [0, 0.1) is 0 Å². The highest BCUT2D eigenvalue weighted by Gasteiger charge is 2.46. The number of para-hydroxylation sites is 3. The second kappa shape index (κ2) is 27.2. The molecule has 5 heterocycles. The molecule has 0 fully saturated rings. The Balaban J connectivity index is 1.00. The maximum Gasteiger partial charge on any atom is 0.252 e. The van der Waals surface area contributed by atoms with E-state index in [-0.39, 0.29) is 55.4 Å². The number of benzene rings is 13. The first-order chi connectivity index (χ1) is 56.2. The molecule has 0 unspecified atom stereocenters. The average molecular weight is 1570 g/mol. The molecule has 0 N–H and O–H groups in total. The van der Waals surface area contributed by atoms with Crippen LogP contribution in [0.1, 0.15) is 237 Å². The quantitative estimate of drug-likeness (QED) is 0.148. The van der Waals surface area contributed by atoms with E-state index >= 15 is 0 Å². The van der Waals surface area contributed by atoms with Gasteiger partial charge in [0.05, 0.1) is 44.5 Å². The lowest BCUT2D eigenvalue weighted by molar-refractivity contribution is 0.568. The second-order valence-electron chi connectivity index (χ2n) is 44.6. The van der Waals surface area contributed by atoms with Crippen LogP contribution in [0.25, 0.3) is 105 Å². The van der Waals surface area contributed by atoms with Gasteiger partial charge in [0.25, 0.3) is 6.71 Å². The van der Waals surface area contributed by atoms with Gasteiger partial charge in [0.1, 0.15) is 0 Å². The van der Waals surface area contributed by atoms with E-state index in [1.54, 1.807) is 0 Å². The first kappa shape index (κ1) is 80.0. The second-order valence-corrected chi connectivity index (χ2v) is 44.6. The third kappa shape index (κ3) is 13.4. The molecule has 6 heteroatoms. The van der Waals surface area contributed by atoms with Crippen LogP contribution in [0.2, 0.25) is 0 Å². The maximum atomic E-state index is 2.76. The summed E-state index contributed by atoms with van der Waals surface area (Å²) in [7, 11) is 0. The molecule has 0 radical (unpaired) electrons. The summed E-state index contributed by atoms with van der Waals surface area (Å²) < 4.78 is 7.64. The molecular formula is C114H122BN5. The summed E-state index contributed by atoms with van der Waals surface area (Å²) in [5.74, 6) is 0. The molecule has 2 aliphatic heterocycles. The largest absolute Gasteiger partial charge is 0.311 e. The highest BCUT2D eigenvalue weighted by molar-refractivity contribution is 7.00. The minimum Gasteiger partial charge on any atom is -0.311 e. The van der Waals surface area contributed by atoms with Crippen molar-refractivity contribution in [1.82, 2.24) is 13.7 Å². The monoisotopic (exact) mass is 1570 g/mol. The molecule has 0 spiro atoms. The highest BCUT2D eigenvalue weighted by Crippen LogP contribution is 2.54. The molecule has 0 atom stereocenters. The Hall–Kier alpha value is -11.1. The molecule has 3 aromatic heterocycles. The van der Waals surface area contributed by atoms with E-state index < -0.39 is 0 Å². The van der Waals surface area contributed by atoms with Gasteiger partial charge in [-0.15, -0.1) is 0 Å². The van der Waals surface area contributed by atoms with Crippen LogP contribution in [0.5, 0.6) is 0 Å². The summed E-state index contributed by atoms with van der Waals surface area (Å²) in [6.07, 6.45) is 0. The van der Waals surface area contributed by atoms with Gasteiger partial charge in [-0.1, -0.05) is 314 Å². The number of fused-ring (bicyclic) bond motifs is 13. The fourth-order valence-corrected chi connectivity index (χ4v) is 19.2. The van der Waals surface area contributed by atoms with Crippen molar-refractivity contribution in [2.45, 2.75) is 236 Å². The zero-order valence-corrected chi connectivity index (χ0v) is 76.5. The minimum absolute atomic E-state index is 0.0616. The van der Waals surface area contributed by atoms with Crippen LogP contribution in [0.3, 0.4) is 0 Å². The van der Waals surface area contributed by atoms with E-state index in [1.807, 2.05) is 0 Å². The third-order valence-corrected chi connectivity index (χ3v) is 26.6. The van der Waals surface area contributed by atoms with Crippen molar-refractivity contribution in [3.05, 3.63) is 299 Å². The summed E-state index contributed by atoms with van der Waals surface area (Å²) in [4.78, 5) is 5.51. The van der Waals surface area contributed by atoms with Gasteiger partial charge in [-0.2, -0.15) is 0 Å². The number of anilines is 6. The molecule has 120 heavy (non-hydrogen) atoms. The van der Waals surface area contributed by atoms with Crippen molar-refractivity contribution in [3.63, 3.8) is 0 Å². The Kier molecular flexibility index (Phi) is 18.1. The summed E-state index contributed by atoms with van der Waals surface area (Å²) in [6.45, 7) is 64.0. The Labute approximate surface area is 715 Å². The number of hydrogen-bond donors (Lipinski definition) is 0. The van der Waals surface area contributed by atoms with Gasteiger partial charge in [-0.25, -0.2) is 0 Å². The first-order valence-electron chi connectivity index (χ1n) is 44.0. The van der Waals surface area contributed by atoms with Crippen LogP contribution >= 0.6 is 0 Å². The molecular weight excluding hydrogens is 1450 g/mol. The Morgan fingerprint density at radius 2 is 0.492 bits per heavy atom. The van der Waals surface area contributed by atoms with Crippen LogP contribution in [0.4, 0.5) is 34.1 Å². The van der Waals surface area contributed by atoms with Crippen molar-refractivity contribution in [2.75, 3.05) is 9.80 Å². The molecule has 0 saturated heterocycles. The Bertz CT molecular complexity index is 6760. The van der Waals surface area contributed by atoms with E-state index in [0.29, 0.717) is 0 Å². The van der Waals surface area contributed by atoms with Crippen molar-refractivity contribution in [2.24, 2.45) is 0 Å². The number of nitrogens with zero attached hydrogens (tertiary/aromatic N) is 5. The van der Waals surface area contributed by atoms with Gasteiger partial charge in [0.2, 0.25) is 0 Å². The van der Waals surface area contributed by atoms with Crippen molar-refractivity contribution < 1.29 is 0 Å². The number of rotatable bonds is 7. The Morgan fingerprint density at radius 1 is 0.192 bits per heavy atom. The summed E-state index contributed by atoms with van der Waals surface area (Å²) >= 11 is 0. The van der Waals surface area contributed by atoms with Crippen molar-refractivity contribution >= 4 is 123 Å². The van der Waals surface area contributed by atoms with Crippen LogP contribution < -0.4 is 26.2 Å². The molecule has 2 aliphatic rings. The van der Waals surface area contributed by atoms with Crippen LogP contribution in [0.15, 0.2) is 249 Å². The maximum absolute atomic E-state index is 2.76. The van der Waals surface area contributed by atoms with Crippen LogP contribution in [-0.2, 0) is 48.7 Å². The predicted molar refractivity (Wildman–Crippen MR) is 523 cm³/mol. The first-order valence-corrected chi connectivity index (χ1v) is 44.0. The molecule has 0 bridgehead atoms. The third-order valence-electron chi connectivity index (χ3n) is 26.6. The van der Waals surface area contributed by atoms with Crippen molar-refractivity contribution in [1.29, 1.82) is 0 Å². The van der Waals surface area contributed by atoms with E-state index in [9.17, 15) is 0 Å². The van der Waals surface area contributed by atoms with E-state index in [4.69, 9.17) is 0 Å². The fourth-order valence-electron chi connectivity index (χ4n) is 19.2. The number of aromatic nitrogens is 3. The van der Waals surface area contributed by atoms with Gasteiger partial charge in [-0.05, 0) is 248 Å². The Morgan fingerprint density at radius 3 is 0.858 bits per heavy atom. The zero-order chi connectivity index (χ0) is 85.3. The van der Waals surface area contributed by atoms with E-state index in [1.165, 1.54) is 160 Å². The molecule has 16 aromatic rings. The van der Waals surface area contributed by atoms with Gasteiger partial charge >= 0.3 is 0 Å². The zero-order valence-electron chi connectivity index (χ0n) is 76.5. The van der Waals surface area contributed by atoms with Gasteiger partial charge in [-0.3, -0.25) is 0 Å². The van der Waals surface area contributed by atoms with E-state index in [0.717, 1.165) is 45.3 Å². The smallest absolute Gasteiger partial charge is 0.252 e. The minimum atomic E-state index is -0.329. The number of hydrogen-bond acceptors (Lipinski definition) is 2. The standard InChI is InChI=1S/C114H122BN5/c1-106(2,3)71-41-49-95(85(59-71)69-53-75(110(13,14)15)57-76(54-69)111(16,17)18)119-101-65-81(117-97-51-43-73(108(7,8)9)61-87(97)88-62-74(109(10,11)12)44-52-98(88)117)45-47-91(101)115-92-48-46-82(118-94-40-34-32-38-84(94)90-67-99-89(68-100(90)118)83-37-31-33-39-93(83)116(99)80-35-29-28-30-36-80)66-102(92)120(104-64-79(114(25,26)27)63-103(119)105(104)115)96-50-42-72(107(4,5)6)60-86(96)70-55-77(112(19,20)21)58-78(56-70)113(22,23)24/h28-68H,1-27H3. The SMILES string of the molecule is CC(C)(C)c1cc(-c2cc(C(C)(C)C)ccc2N2c3cc(-n4c5ccc(C(C)(C)C)cc5c5cc(C(C)(C)C)ccc54)ccc3B3c4ccc(-n5c6ccccc6c6cc7c(cc65)c5ccccc5n7-c5ccccc5)cc4N(c4ccc(C(C)(C)C)cc4-c4cc(C(C)(C)C)cc(C(C)(C)C)c4)c4cc(C(C)(C)C)cc2c43)cc(C(C)(C)C)c1. The predicted octanol–water partition coefficient (Wildman–Crippen LogP) is 30.1. The summed E-state index contributed by atoms with van der Waals surface area (Å²) in [5, 5.41) is 7.42. The van der Waals surface area contributed by atoms with Crippen molar-refractivity contribution in [3.8, 4) is 39.3 Å². The molecule has 606 valence electrons. The topological polar surface area (TPSA) is 21.3 Å². The molecule has 13 aromatic carbocycles. The molecule has 18 rings (SSSR count). The van der Waals surface area contributed by atoms with Gasteiger partial charge in [0, 0.05) is 83.3 Å².